The number of aromatic nitrogens is 4. The minimum absolute atomic E-state index is 0.220. The summed E-state index contributed by atoms with van der Waals surface area (Å²) in [6.45, 7) is 7.73. The molecule has 0 radical (unpaired) electrons. The van der Waals surface area contributed by atoms with Crippen molar-refractivity contribution in [2.75, 3.05) is 17.7 Å². The van der Waals surface area contributed by atoms with Crippen molar-refractivity contribution < 1.29 is 9.53 Å². The lowest BCUT2D eigenvalue weighted by molar-refractivity contribution is 0.262. The van der Waals surface area contributed by atoms with Gasteiger partial charge < -0.3 is 10.1 Å². The zero-order chi connectivity index (χ0) is 21.2. The Morgan fingerprint density at radius 2 is 1.90 bits per heavy atom. The predicted octanol–water partition coefficient (Wildman–Crippen LogP) is 3.21. The van der Waals surface area contributed by atoms with Gasteiger partial charge in [0.15, 0.2) is 0 Å². The summed E-state index contributed by atoms with van der Waals surface area (Å²) in [6.07, 6.45) is 0. The van der Waals surface area contributed by atoms with E-state index in [9.17, 15) is 9.59 Å². The van der Waals surface area contributed by atoms with Crippen molar-refractivity contribution >= 4 is 17.5 Å². The lowest BCUT2D eigenvalue weighted by atomic mass is 9.92. The summed E-state index contributed by atoms with van der Waals surface area (Å²) in [7, 11) is 1.53. The van der Waals surface area contributed by atoms with E-state index in [1.54, 1.807) is 31.2 Å². The van der Waals surface area contributed by atoms with E-state index in [0.29, 0.717) is 22.9 Å². The van der Waals surface area contributed by atoms with Crippen molar-refractivity contribution in [2.24, 2.45) is 0 Å². The van der Waals surface area contributed by atoms with Gasteiger partial charge in [-0.2, -0.15) is 9.78 Å². The Kier molecular flexibility index (Phi) is 5.40. The number of hydrogen-bond donors (Lipinski definition) is 3. The van der Waals surface area contributed by atoms with E-state index >= 15 is 0 Å². The third kappa shape index (κ3) is 4.63. The second-order valence-corrected chi connectivity index (χ2v) is 7.57. The minimum Gasteiger partial charge on any atom is -0.495 e. The van der Waals surface area contributed by atoms with Crippen LogP contribution in [0.5, 0.6) is 5.75 Å². The number of H-pyrrole nitrogens is 1. The molecule has 0 unspecified atom stereocenters. The Bertz CT molecular complexity index is 1090. The maximum absolute atomic E-state index is 12.6. The standard InChI is InChI=1S/C20H24N6O3/c1-12-10-17(27)24-18(21-12)26-16(11-15(25-26)20(2,3)4)23-19(28)22-13-8-6-7-9-14(13)29-5/h6-11H,1-5H3,(H,21,24,27)(H2,22,23,28). The lowest BCUT2D eigenvalue weighted by Gasteiger charge is -2.13. The number of benzene rings is 1. The smallest absolute Gasteiger partial charge is 0.324 e. The molecule has 29 heavy (non-hydrogen) atoms. The third-order valence-electron chi connectivity index (χ3n) is 4.13. The minimum atomic E-state index is -0.480. The van der Waals surface area contributed by atoms with Gasteiger partial charge in [-0.3, -0.25) is 15.1 Å². The van der Waals surface area contributed by atoms with Crippen LogP contribution in [0.15, 0.2) is 41.2 Å². The Labute approximate surface area is 168 Å². The normalized spacial score (nSPS) is 11.2. The molecular formula is C20H24N6O3. The topological polar surface area (TPSA) is 114 Å². The molecule has 3 N–H and O–H groups in total. The van der Waals surface area contributed by atoms with E-state index < -0.39 is 6.03 Å². The van der Waals surface area contributed by atoms with Crippen LogP contribution in [0.4, 0.5) is 16.3 Å². The maximum atomic E-state index is 12.6. The number of urea groups is 1. The summed E-state index contributed by atoms with van der Waals surface area (Å²) < 4.78 is 6.67. The van der Waals surface area contributed by atoms with Gasteiger partial charge in [0.2, 0.25) is 5.95 Å². The molecule has 0 fully saturated rings. The average molecular weight is 396 g/mol. The van der Waals surface area contributed by atoms with Crippen molar-refractivity contribution in [1.82, 2.24) is 19.7 Å². The van der Waals surface area contributed by atoms with Crippen LogP contribution in [0, 0.1) is 6.92 Å². The van der Waals surface area contributed by atoms with E-state index in [1.165, 1.54) is 17.9 Å². The number of anilines is 2. The summed E-state index contributed by atoms with van der Waals surface area (Å²) in [6, 6.07) is 9.75. The van der Waals surface area contributed by atoms with Crippen LogP contribution in [0.2, 0.25) is 0 Å². The fourth-order valence-electron chi connectivity index (χ4n) is 2.68. The van der Waals surface area contributed by atoms with Gasteiger partial charge in [0.05, 0.1) is 18.5 Å². The first-order chi connectivity index (χ1) is 13.7. The number of aromatic amines is 1. The molecule has 0 saturated heterocycles. The zero-order valence-corrected chi connectivity index (χ0v) is 17.0. The van der Waals surface area contributed by atoms with Crippen LogP contribution >= 0.6 is 0 Å². The monoisotopic (exact) mass is 396 g/mol. The first kappa shape index (κ1) is 20.1. The van der Waals surface area contributed by atoms with E-state index in [1.807, 2.05) is 26.8 Å². The van der Waals surface area contributed by atoms with E-state index in [4.69, 9.17) is 4.74 Å². The number of nitrogens with one attached hydrogen (secondary N) is 3. The Morgan fingerprint density at radius 3 is 2.55 bits per heavy atom. The van der Waals surface area contributed by atoms with Crippen molar-refractivity contribution in [2.45, 2.75) is 33.1 Å². The van der Waals surface area contributed by atoms with Crippen molar-refractivity contribution in [3.63, 3.8) is 0 Å². The Hall–Kier alpha value is -3.62. The highest BCUT2D eigenvalue weighted by atomic mass is 16.5. The third-order valence-corrected chi connectivity index (χ3v) is 4.13. The molecule has 0 aliphatic heterocycles. The van der Waals surface area contributed by atoms with Crippen molar-refractivity contribution in [3.05, 3.63) is 58.1 Å². The molecule has 3 rings (SSSR count). The van der Waals surface area contributed by atoms with Gasteiger partial charge in [-0.15, -0.1) is 0 Å². The van der Waals surface area contributed by atoms with Crippen LogP contribution in [0.1, 0.15) is 32.2 Å². The van der Waals surface area contributed by atoms with Gasteiger partial charge in [-0.25, -0.2) is 9.78 Å². The Morgan fingerprint density at radius 1 is 1.17 bits per heavy atom. The number of para-hydroxylation sites is 2. The fourth-order valence-corrected chi connectivity index (χ4v) is 2.68. The molecule has 0 spiro atoms. The molecule has 0 aliphatic carbocycles. The van der Waals surface area contributed by atoms with Crippen LogP contribution in [0.25, 0.3) is 5.95 Å². The van der Waals surface area contributed by atoms with Crippen LogP contribution in [-0.4, -0.2) is 32.9 Å². The van der Waals surface area contributed by atoms with E-state index in [2.05, 4.69) is 25.7 Å². The molecule has 0 aliphatic rings. The van der Waals surface area contributed by atoms with E-state index in [-0.39, 0.29) is 16.9 Å². The zero-order valence-electron chi connectivity index (χ0n) is 17.0. The number of methoxy groups -OCH3 is 1. The number of nitrogens with zero attached hydrogens (tertiary/aromatic N) is 3. The highest BCUT2D eigenvalue weighted by Crippen LogP contribution is 2.26. The summed E-state index contributed by atoms with van der Waals surface area (Å²) in [5, 5.41) is 10.1. The highest BCUT2D eigenvalue weighted by molar-refractivity contribution is 6.00. The van der Waals surface area contributed by atoms with Gasteiger partial charge in [0.1, 0.15) is 11.6 Å². The number of carbonyl (C=O) groups excluding carboxylic acids is 1. The number of hydrogen-bond acceptors (Lipinski definition) is 5. The molecule has 2 aromatic heterocycles. The number of amides is 2. The summed E-state index contributed by atoms with van der Waals surface area (Å²) in [5.41, 5.74) is 1.22. The van der Waals surface area contributed by atoms with Crippen LogP contribution in [-0.2, 0) is 5.41 Å². The molecule has 2 heterocycles. The molecule has 0 atom stereocenters. The number of carbonyl (C=O) groups is 1. The van der Waals surface area contributed by atoms with Gasteiger partial charge in [0, 0.05) is 23.2 Å². The maximum Gasteiger partial charge on any atom is 0.324 e. The SMILES string of the molecule is COc1ccccc1NC(=O)Nc1cc(C(C)(C)C)nn1-c1nc(C)cc(=O)[nH]1. The number of ether oxygens (including phenoxy) is 1. The van der Waals surface area contributed by atoms with Gasteiger partial charge in [0.25, 0.3) is 5.56 Å². The van der Waals surface area contributed by atoms with Gasteiger partial charge in [-0.05, 0) is 19.1 Å². The summed E-state index contributed by atoms with van der Waals surface area (Å²) in [5.74, 6) is 1.13. The summed E-state index contributed by atoms with van der Waals surface area (Å²) >= 11 is 0. The first-order valence-electron chi connectivity index (χ1n) is 9.07. The quantitative estimate of drug-likeness (QED) is 0.627. The molecule has 3 aromatic rings. The molecule has 2 amide bonds. The molecule has 1 aromatic carbocycles. The number of rotatable bonds is 4. The summed E-state index contributed by atoms with van der Waals surface area (Å²) in [4.78, 5) is 31.5. The number of aryl methyl sites for hydroxylation is 1. The van der Waals surface area contributed by atoms with Crippen molar-refractivity contribution in [1.29, 1.82) is 0 Å². The molecular weight excluding hydrogens is 372 g/mol. The second-order valence-electron chi connectivity index (χ2n) is 7.57. The van der Waals surface area contributed by atoms with E-state index in [0.717, 1.165) is 5.69 Å². The van der Waals surface area contributed by atoms with Crippen LogP contribution in [0.3, 0.4) is 0 Å². The molecule has 0 bridgehead atoms. The largest absolute Gasteiger partial charge is 0.495 e. The fraction of sp³-hybridized carbons (Fsp3) is 0.300. The Balaban J connectivity index is 1.96. The molecule has 9 nitrogen and oxygen atoms in total. The van der Waals surface area contributed by atoms with Gasteiger partial charge in [-0.1, -0.05) is 32.9 Å². The average Bonchev–Trinajstić information content (AvgIpc) is 3.05. The molecule has 152 valence electrons. The van der Waals surface area contributed by atoms with Crippen molar-refractivity contribution in [3.8, 4) is 11.7 Å². The molecule has 0 saturated carbocycles. The second kappa shape index (κ2) is 7.78. The molecule has 9 heteroatoms. The van der Waals surface area contributed by atoms with Gasteiger partial charge >= 0.3 is 6.03 Å². The van der Waals surface area contributed by atoms with Crippen LogP contribution < -0.4 is 20.9 Å². The lowest BCUT2D eigenvalue weighted by Crippen LogP contribution is -2.23. The predicted molar refractivity (Wildman–Crippen MR) is 111 cm³/mol. The first-order valence-corrected chi connectivity index (χ1v) is 9.07. The highest BCUT2D eigenvalue weighted by Gasteiger charge is 2.22.